The second kappa shape index (κ2) is 12.3. The molecule has 1 aliphatic heterocycles. The van der Waals surface area contributed by atoms with E-state index in [1.807, 2.05) is 72.8 Å². The number of hydrogen-bond acceptors (Lipinski definition) is 6. The molecular formula is C33H34N4O4S. The first-order chi connectivity index (χ1) is 20.2. The van der Waals surface area contributed by atoms with Crippen LogP contribution in [0.25, 0.3) is 21.9 Å². The molecule has 42 heavy (non-hydrogen) atoms. The van der Waals surface area contributed by atoms with Crippen LogP contribution in [0.1, 0.15) is 25.0 Å². The van der Waals surface area contributed by atoms with Crippen LogP contribution in [0, 0.1) is 0 Å². The number of methoxy groups -OCH3 is 1. The number of amides is 3. The molecule has 4 N–H and O–H groups in total. The molecule has 0 fully saturated rings. The van der Waals surface area contributed by atoms with E-state index in [1.165, 1.54) is 7.11 Å². The largest absolute Gasteiger partial charge is 0.453 e. The minimum atomic E-state index is -1.11. The fraction of sp³-hybridized carbons (Fsp3) is 0.242. The molecule has 0 unspecified atom stereocenters. The van der Waals surface area contributed by atoms with E-state index in [9.17, 15) is 14.4 Å². The number of anilines is 1. The lowest BCUT2D eigenvalue weighted by Crippen LogP contribution is -2.56. The van der Waals surface area contributed by atoms with Crippen molar-refractivity contribution < 1.29 is 19.1 Å². The summed E-state index contributed by atoms with van der Waals surface area (Å²) in [5.74, 6) is -0.160. The highest BCUT2D eigenvalue weighted by Gasteiger charge is 2.35. The van der Waals surface area contributed by atoms with Gasteiger partial charge in [-0.15, -0.1) is 11.8 Å². The molecule has 5 rings (SSSR count). The molecule has 9 heteroatoms. The zero-order valence-electron chi connectivity index (χ0n) is 23.8. The van der Waals surface area contributed by atoms with Crippen molar-refractivity contribution in [3.63, 3.8) is 0 Å². The van der Waals surface area contributed by atoms with E-state index in [4.69, 9.17) is 10.5 Å². The van der Waals surface area contributed by atoms with E-state index in [1.54, 1.807) is 30.5 Å². The first kappa shape index (κ1) is 29.2. The van der Waals surface area contributed by atoms with Gasteiger partial charge in [0.15, 0.2) is 0 Å². The number of nitrogens with zero attached hydrogens (tertiary/aromatic N) is 1. The molecule has 0 bridgehead atoms. The van der Waals surface area contributed by atoms with Crippen LogP contribution in [-0.2, 0) is 27.4 Å². The summed E-state index contributed by atoms with van der Waals surface area (Å²) in [6.45, 7) is 3.92. The van der Waals surface area contributed by atoms with Crippen LogP contribution in [0.3, 0.4) is 0 Å². The lowest BCUT2D eigenvalue weighted by molar-refractivity contribution is -0.129. The van der Waals surface area contributed by atoms with Gasteiger partial charge in [-0.05, 0) is 52.9 Å². The second-order valence-electron chi connectivity index (χ2n) is 10.8. The summed E-state index contributed by atoms with van der Waals surface area (Å²) >= 11 is 1.57. The SMILES string of the molecule is COC(=O)NCc1ccccc1-c1ccc(CN2C(=O)[C@H](NC(=O)C(C)(C)N)CSc3c2ccc2ccccc32)cc1. The van der Waals surface area contributed by atoms with Crippen LogP contribution in [0.4, 0.5) is 10.5 Å². The quantitative estimate of drug-likeness (QED) is 0.275. The summed E-state index contributed by atoms with van der Waals surface area (Å²) in [5, 5.41) is 7.79. The van der Waals surface area contributed by atoms with Crippen molar-refractivity contribution >= 4 is 46.1 Å². The first-order valence-corrected chi connectivity index (χ1v) is 14.7. The molecule has 1 heterocycles. The number of nitrogens with one attached hydrogen (secondary N) is 2. The Labute approximate surface area is 249 Å². The predicted octanol–water partition coefficient (Wildman–Crippen LogP) is 5.22. The maximum atomic E-state index is 14.0. The molecule has 0 saturated carbocycles. The van der Waals surface area contributed by atoms with Gasteiger partial charge in [0.1, 0.15) is 6.04 Å². The molecule has 1 atom stereocenters. The summed E-state index contributed by atoms with van der Waals surface area (Å²) in [7, 11) is 1.34. The van der Waals surface area contributed by atoms with Gasteiger partial charge in [0, 0.05) is 17.2 Å². The number of rotatable bonds is 7. The number of carbonyl (C=O) groups excluding carboxylic acids is 3. The molecule has 8 nitrogen and oxygen atoms in total. The fourth-order valence-corrected chi connectivity index (χ4v) is 6.15. The van der Waals surface area contributed by atoms with E-state index in [0.717, 1.165) is 43.6 Å². The first-order valence-electron chi connectivity index (χ1n) is 13.7. The third-order valence-corrected chi connectivity index (χ3v) is 8.45. The maximum Gasteiger partial charge on any atom is 0.407 e. The average Bonchev–Trinajstić information content (AvgIpc) is 3.12. The molecule has 0 aromatic heterocycles. The lowest BCUT2D eigenvalue weighted by Gasteiger charge is -2.28. The van der Waals surface area contributed by atoms with E-state index >= 15 is 0 Å². The molecule has 0 radical (unpaired) electrons. The Morgan fingerprint density at radius 2 is 1.71 bits per heavy atom. The highest BCUT2D eigenvalue weighted by molar-refractivity contribution is 7.99. The number of alkyl carbamates (subject to hydrolysis) is 1. The zero-order valence-corrected chi connectivity index (χ0v) is 24.7. The normalized spacial score (nSPS) is 15.1. The van der Waals surface area contributed by atoms with Gasteiger partial charge in [-0.3, -0.25) is 9.59 Å². The van der Waals surface area contributed by atoms with Crippen molar-refractivity contribution in [3.8, 4) is 11.1 Å². The van der Waals surface area contributed by atoms with Crippen LogP contribution in [-0.4, -0.2) is 42.4 Å². The van der Waals surface area contributed by atoms with Crippen LogP contribution in [0.2, 0.25) is 0 Å². The number of nitrogens with two attached hydrogens (primary N) is 1. The number of benzene rings is 4. The summed E-state index contributed by atoms with van der Waals surface area (Å²) in [5.41, 5.74) is 9.62. The van der Waals surface area contributed by atoms with E-state index in [-0.39, 0.29) is 11.8 Å². The van der Waals surface area contributed by atoms with Crippen molar-refractivity contribution in [2.45, 2.75) is 43.4 Å². The topological polar surface area (TPSA) is 114 Å². The van der Waals surface area contributed by atoms with Gasteiger partial charge >= 0.3 is 6.09 Å². The van der Waals surface area contributed by atoms with Gasteiger partial charge in [0.2, 0.25) is 5.91 Å². The van der Waals surface area contributed by atoms with E-state index < -0.39 is 17.7 Å². The molecule has 4 aromatic carbocycles. The molecule has 216 valence electrons. The summed E-state index contributed by atoms with van der Waals surface area (Å²) in [6.07, 6.45) is -0.488. The fourth-order valence-electron chi connectivity index (χ4n) is 4.92. The van der Waals surface area contributed by atoms with Crippen molar-refractivity contribution in [1.82, 2.24) is 10.6 Å². The van der Waals surface area contributed by atoms with Crippen LogP contribution >= 0.6 is 11.8 Å². The molecule has 0 saturated heterocycles. The van der Waals surface area contributed by atoms with Gasteiger partial charge in [-0.25, -0.2) is 4.79 Å². The number of thioether (sulfide) groups is 1. The standard InChI is InChI=1S/C33H34N4O4S/c1-33(2,34)31(39)36-27-20-42-29-26-11-7-4-8-22(26)16-17-28(29)37(30(27)38)19-21-12-14-23(15-13-21)25-10-6-5-9-24(25)18-35-32(40)41-3/h4-17,27H,18-20,34H2,1-3H3,(H,35,40)(H,36,39)/t27-/m1/s1. The summed E-state index contributed by atoms with van der Waals surface area (Å²) in [6, 6.07) is 27.3. The van der Waals surface area contributed by atoms with Gasteiger partial charge in [-0.1, -0.05) is 78.9 Å². The summed E-state index contributed by atoms with van der Waals surface area (Å²) < 4.78 is 4.70. The Morgan fingerprint density at radius 1 is 1.00 bits per heavy atom. The highest BCUT2D eigenvalue weighted by Crippen LogP contribution is 2.40. The number of fused-ring (bicyclic) bond motifs is 3. The van der Waals surface area contributed by atoms with Gasteiger partial charge < -0.3 is 26.0 Å². The van der Waals surface area contributed by atoms with Gasteiger partial charge in [0.25, 0.3) is 5.91 Å². The van der Waals surface area contributed by atoms with Crippen molar-refractivity contribution in [3.05, 3.63) is 96.1 Å². The number of hydrogen-bond donors (Lipinski definition) is 3. The van der Waals surface area contributed by atoms with Gasteiger partial charge in [0.05, 0.1) is 24.9 Å². The maximum absolute atomic E-state index is 14.0. The van der Waals surface area contributed by atoms with Crippen molar-refractivity contribution in [2.24, 2.45) is 5.73 Å². The Balaban J connectivity index is 1.46. The molecular weight excluding hydrogens is 548 g/mol. The highest BCUT2D eigenvalue weighted by atomic mass is 32.2. The minimum absolute atomic E-state index is 0.183. The zero-order chi connectivity index (χ0) is 29.9. The number of carbonyl (C=O) groups is 3. The Bertz CT molecular complexity index is 1630. The lowest BCUT2D eigenvalue weighted by atomic mass is 9.98. The van der Waals surface area contributed by atoms with Crippen molar-refractivity contribution in [2.75, 3.05) is 17.8 Å². The molecule has 0 aliphatic carbocycles. The minimum Gasteiger partial charge on any atom is -0.453 e. The van der Waals surface area contributed by atoms with E-state index in [2.05, 4.69) is 22.8 Å². The third kappa shape index (κ3) is 6.27. The number of ether oxygens (including phenoxy) is 1. The second-order valence-corrected chi connectivity index (χ2v) is 11.8. The molecule has 0 spiro atoms. The molecule has 4 aromatic rings. The van der Waals surface area contributed by atoms with Crippen LogP contribution < -0.4 is 21.3 Å². The van der Waals surface area contributed by atoms with E-state index in [0.29, 0.717) is 18.8 Å². The van der Waals surface area contributed by atoms with Gasteiger partial charge in [-0.2, -0.15) is 0 Å². The average molecular weight is 583 g/mol. The predicted molar refractivity (Wildman–Crippen MR) is 167 cm³/mol. The van der Waals surface area contributed by atoms with Crippen molar-refractivity contribution in [1.29, 1.82) is 0 Å². The monoisotopic (exact) mass is 582 g/mol. The molecule has 3 amide bonds. The van der Waals surface area contributed by atoms with Crippen LogP contribution in [0.15, 0.2) is 89.8 Å². The molecule has 1 aliphatic rings. The smallest absolute Gasteiger partial charge is 0.407 e. The Morgan fingerprint density at radius 3 is 2.45 bits per heavy atom. The third-order valence-electron chi connectivity index (χ3n) is 7.23. The Kier molecular flexibility index (Phi) is 8.51. The summed E-state index contributed by atoms with van der Waals surface area (Å²) in [4.78, 5) is 41.2. The Hall–Kier alpha value is -4.34. The van der Waals surface area contributed by atoms with Crippen LogP contribution in [0.5, 0.6) is 0 Å².